The Labute approximate surface area is 224 Å². The second-order valence-electron chi connectivity index (χ2n) is 8.78. The molecule has 0 saturated carbocycles. The Morgan fingerprint density at radius 2 is 1.02 bits per heavy atom. The Hall–Kier alpha value is -4.54. The highest BCUT2D eigenvalue weighted by molar-refractivity contribution is 6.61. The molecule has 1 aliphatic rings. The fourth-order valence-electron chi connectivity index (χ4n) is 4.61. The van der Waals surface area contributed by atoms with E-state index >= 15 is 0 Å². The van der Waals surface area contributed by atoms with Crippen molar-refractivity contribution in [2.24, 2.45) is 9.98 Å². The molecular weight excluding hydrogens is 538 g/mol. The third-order valence-electron chi connectivity index (χ3n) is 6.34. The van der Waals surface area contributed by atoms with Crippen molar-refractivity contribution in [1.82, 2.24) is 0 Å². The second kappa shape index (κ2) is 9.89. The third-order valence-corrected chi connectivity index (χ3v) is 6.34. The van der Waals surface area contributed by atoms with Crippen LogP contribution in [0.2, 0.25) is 0 Å². The number of nitrogens with zero attached hydrogens (tertiary/aromatic N) is 2. The second-order valence-corrected chi connectivity index (χ2v) is 8.78. The molecule has 206 valence electrons. The quantitative estimate of drug-likeness (QED) is 0.232. The summed E-state index contributed by atoms with van der Waals surface area (Å²) in [7, 11) is 4.30. The van der Waals surface area contributed by atoms with Crippen LogP contribution in [0.15, 0.2) is 76.7 Å². The van der Waals surface area contributed by atoms with Crippen molar-refractivity contribution >= 4 is 33.6 Å². The molecule has 11 heteroatoms. The summed E-state index contributed by atoms with van der Waals surface area (Å²) in [5, 5.41) is 1.52. The zero-order chi connectivity index (χ0) is 28.8. The lowest BCUT2D eigenvalue weighted by molar-refractivity contribution is -0.143. The summed E-state index contributed by atoms with van der Waals surface area (Å²) >= 11 is 0. The predicted molar refractivity (Wildman–Crippen MR) is 139 cm³/mol. The predicted octanol–water partition coefficient (Wildman–Crippen LogP) is 8.16. The first-order valence-corrected chi connectivity index (χ1v) is 11.7. The van der Waals surface area contributed by atoms with Gasteiger partial charge in [-0.2, -0.15) is 26.3 Å². The van der Waals surface area contributed by atoms with E-state index in [-0.39, 0.29) is 17.5 Å². The van der Waals surface area contributed by atoms with E-state index in [0.29, 0.717) is 46.2 Å². The van der Waals surface area contributed by atoms with Crippen molar-refractivity contribution in [2.45, 2.75) is 12.4 Å². The van der Waals surface area contributed by atoms with Crippen molar-refractivity contribution < 1.29 is 40.6 Å². The maximum absolute atomic E-state index is 13.5. The molecule has 0 N–H and O–H groups in total. The number of benzene rings is 4. The molecule has 0 saturated heterocycles. The van der Waals surface area contributed by atoms with E-state index in [9.17, 15) is 26.3 Å². The van der Waals surface area contributed by atoms with Crippen molar-refractivity contribution in [1.29, 1.82) is 0 Å². The molecule has 0 amide bonds. The minimum atomic E-state index is -5.01. The van der Waals surface area contributed by atoms with Gasteiger partial charge in [-0.1, -0.05) is 36.4 Å². The van der Waals surface area contributed by atoms with Crippen LogP contribution < -0.4 is 14.2 Å². The molecule has 4 aromatic rings. The molecule has 0 fully saturated rings. The van der Waals surface area contributed by atoms with Crippen LogP contribution in [-0.4, -0.2) is 32.8 Å². The molecule has 0 aromatic heterocycles. The molecule has 1 aliphatic carbocycles. The lowest BCUT2D eigenvalue weighted by Crippen LogP contribution is -2.12. The minimum Gasteiger partial charge on any atom is -0.493 e. The van der Waals surface area contributed by atoms with E-state index in [1.54, 1.807) is 36.4 Å². The van der Waals surface area contributed by atoms with Crippen LogP contribution in [0.3, 0.4) is 0 Å². The lowest BCUT2D eigenvalue weighted by Gasteiger charge is -2.14. The van der Waals surface area contributed by atoms with Crippen LogP contribution in [0, 0.1) is 0 Å². The molecule has 0 aliphatic heterocycles. The molecule has 0 heterocycles. The fourth-order valence-corrected chi connectivity index (χ4v) is 4.61. The van der Waals surface area contributed by atoms with E-state index in [2.05, 4.69) is 4.99 Å². The smallest absolute Gasteiger partial charge is 0.416 e. The van der Waals surface area contributed by atoms with Crippen LogP contribution in [0.5, 0.6) is 17.2 Å². The molecular formula is C29H20F6N2O3. The van der Waals surface area contributed by atoms with Crippen LogP contribution in [0.4, 0.5) is 37.7 Å². The van der Waals surface area contributed by atoms with Gasteiger partial charge >= 0.3 is 12.4 Å². The molecule has 4 aromatic carbocycles. The Bertz CT molecular complexity index is 1630. The van der Waals surface area contributed by atoms with Gasteiger partial charge in [0, 0.05) is 28.6 Å². The van der Waals surface area contributed by atoms with Gasteiger partial charge in [0.2, 0.25) is 5.75 Å². The maximum Gasteiger partial charge on any atom is 0.416 e. The molecule has 0 bridgehead atoms. The Kier molecular flexibility index (Phi) is 6.69. The van der Waals surface area contributed by atoms with E-state index in [0.717, 1.165) is 10.8 Å². The van der Waals surface area contributed by atoms with Gasteiger partial charge in [-0.15, -0.1) is 0 Å². The molecule has 40 heavy (non-hydrogen) atoms. The number of alkyl halides is 6. The van der Waals surface area contributed by atoms with Gasteiger partial charge in [0.15, 0.2) is 11.5 Å². The zero-order valence-corrected chi connectivity index (χ0v) is 21.2. The number of ether oxygens (including phenoxy) is 3. The summed E-state index contributed by atoms with van der Waals surface area (Å²) in [6.45, 7) is 0. The molecule has 5 nitrogen and oxygen atoms in total. The van der Waals surface area contributed by atoms with Crippen molar-refractivity contribution in [3.8, 4) is 17.2 Å². The number of methoxy groups -OCH3 is 3. The largest absolute Gasteiger partial charge is 0.493 e. The Balaban J connectivity index is 1.79. The average molecular weight is 558 g/mol. The number of aliphatic imine (C=N–C) groups is 2. The highest BCUT2D eigenvalue weighted by Gasteiger charge is 2.37. The first-order valence-electron chi connectivity index (χ1n) is 11.7. The molecule has 0 unspecified atom stereocenters. The van der Waals surface area contributed by atoms with E-state index in [1.165, 1.54) is 21.3 Å². The summed E-state index contributed by atoms with van der Waals surface area (Å²) < 4.78 is 97.4. The summed E-state index contributed by atoms with van der Waals surface area (Å²) in [6, 6.07) is 15.0. The van der Waals surface area contributed by atoms with E-state index < -0.39 is 29.2 Å². The van der Waals surface area contributed by atoms with E-state index in [4.69, 9.17) is 19.2 Å². The number of halogens is 6. The summed E-state index contributed by atoms with van der Waals surface area (Å²) in [4.78, 5) is 9.08. The number of hydrogen-bond acceptors (Lipinski definition) is 5. The standard InChI is InChI=1S/C29H20F6N2O3/c1-38-22-13-19(14-23(39-2)27(22)40-3)37-26-21-9-5-7-15-6-4-8-20(24(15)21)25(26)36-18-11-16(28(30,31)32)10-17(12-18)29(33,34)35/h4-14H,1-3H3. The van der Waals surface area contributed by atoms with Crippen LogP contribution >= 0.6 is 0 Å². The summed E-state index contributed by atoms with van der Waals surface area (Å²) in [6.07, 6.45) is -10.0. The third kappa shape index (κ3) is 4.83. The normalized spacial score (nSPS) is 15.2. The number of hydrogen-bond donors (Lipinski definition) is 0. The SMILES string of the molecule is COc1cc(N=C2C(=Nc3cc(C(F)(F)F)cc(C(F)(F)F)c3)c3cccc4cccc2c34)cc(OC)c1OC. The fraction of sp³-hybridized carbons (Fsp3) is 0.172. The van der Waals surface area contributed by atoms with E-state index in [1.807, 2.05) is 12.1 Å². The zero-order valence-electron chi connectivity index (χ0n) is 21.2. The highest BCUT2D eigenvalue weighted by Crippen LogP contribution is 2.43. The highest BCUT2D eigenvalue weighted by atomic mass is 19.4. The Morgan fingerprint density at radius 1 is 0.575 bits per heavy atom. The van der Waals surface area contributed by atoms with Crippen molar-refractivity contribution in [3.63, 3.8) is 0 Å². The van der Waals surface area contributed by atoms with Crippen molar-refractivity contribution in [2.75, 3.05) is 21.3 Å². The maximum atomic E-state index is 13.5. The summed E-state index contributed by atoms with van der Waals surface area (Å²) in [5.41, 5.74) is -1.59. The molecule has 5 rings (SSSR count). The molecule has 0 radical (unpaired) electrons. The van der Waals surface area contributed by atoms with Crippen molar-refractivity contribution in [3.05, 3.63) is 89.0 Å². The molecule has 0 atom stereocenters. The van der Waals surface area contributed by atoms with Gasteiger partial charge < -0.3 is 14.2 Å². The van der Waals surface area contributed by atoms with Crippen LogP contribution in [0.1, 0.15) is 22.3 Å². The molecule has 0 spiro atoms. The van der Waals surface area contributed by atoms with Gasteiger partial charge in [-0.05, 0) is 23.6 Å². The summed E-state index contributed by atoms with van der Waals surface area (Å²) in [5.74, 6) is 0.936. The van der Waals surface area contributed by atoms with Gasteiger partial charge in [0.05, 0.1) is 55.3 Å². The monoisotopic (exact) mass is 558 g/mol. The first kappa shape index (κ1) is 27.0. The average Bonchev–Trinajstić information content (AvgIpc) is 3.20. The van der Waals surface area contributed by atoms with Gasteiger partial charge in [-0.25, -0.2) is 9.98 Å². The van der Waals surface area contributed by atoms with Gasteiger partial charge in [0.25, 0.3) is 0 Å². The Morgan fingerprint density at radius 3 is 1.43 bits per heavy atom. The van der Waals surface area contributed by atoms with Gasteiger partial charge in [-0.3, -0.25) is 0 Å². The van der Waals surface area contributed by atoms with Crippen LogP contribution in [0.25, 0.3) is 10.8 Å². The lowest BCUT2D eigenvalue weighted by atomic mass is 10.1. The minimum absolute atomic E-state index is 0.0682. The topological polar surface area (TPSA) is 52.4 Å². The van der Waals surface area contributed by atoms with Gasteiger partial charge in [0.1, 0.15) is 0 Å². The number of rotatable bonds is 5. The first-order chi connectivity index (χ1) is 18.9. The van der Waals surface area contributed by atoms with Crippen LogP contribution in [-0.2, 0) is 12.4 Å².